The van der Waals surface area contributed by atoms with E-state index in [0.29, 0.717) is 6.04 Å². The van der Waals surface area contributed by atoms with Crippen LogP contribution >= 0.6 is 11.6 Å². The van der Waals surface area contributed by atoms with Gasteiger partial charge in [-0.05, 0) is 57.2 Å². The number of aryl methyl sites for hydroxylation is 1. The van der Waals surface area contributed by atoms with Crippen molar-refractivity contribution in [2.75, 3.05) is 5.32 Å². The van der Waals surface area contributed by atoms with Crippen LogP contribution in [-0.4, -0.2) is 16.7 Å². The third-order valence-corrected chi connectivity index (χ3v) is 3.86. The van der Waals surface area contributed by atoms with Crippen molar-refractivity contribution in [3.8, 4) is 0 Å². The summed E-state index contributed by atoms with van der Waals surface area (Å²) in [6.07, 6.45) is 3.71. The Morgan fingerprint density at radius 3 is 2.59 bits per heavy atom. The van der Waals surface area contributed by atoms with Crippen LogP contribution in [0.4, 0.5) is 5.69 Å². The summed E-state index contributed by atoms with van der Waals surface area (Å²) in [4.78, 5) is 0. The molecule has 0 amide bonds. The maximum atomic E-state index is 9.90. The first-order valence-corrected chi connectivity index (χ1v) is 6.59. The van der Waals surface area contributed by atoms with Crippen molar-refractivity contribution in [2.24, 2.45) is 0 Å². The third-order valence-electron chi connectivity index (χ3n) is 3.55. The molecule has 2 rings (SSSR count). The summed E-state index contributed by atoms with van der Waals surface area (Å²) in [5.41, 5.74) is 1.70. The summed E-state index contributed by atoms with van der Waals surface area (Å²) < 4.78 is 0. The van der Waals surface area contributed by atoms with Crippen LogP contribution in [-0.2, 0) is 0 Å². The van der Waals surface area contributed by atoms with Crippen molar-refractivity contribution in [1.29, 1.82) is 0 Å². The largest absolute Gasteiger partial charge is 0.390 e. The molecule has 1 aromatic carbocycles. The van der Waals surface area contributed by atoms with E-state index in [0.717, 1.165) is 36.4 Å². The van der Waals surface area contributed by atoms with E-state index in [1.807, 2.05) is 26.0 Å². The quantitative estimate of drug-likeness (QED) is 0.841. The zero-order chi connectivity index (χ0) is 12.5. The number of hydrogen-bond donors (Lipinski definition) is 2. The van der Waals surface area contributed by atoms with Gasteiger partial charge in [0.15, 0.2) is 0 Å². The Bertz CT molecular complexity index is 393. The second kappa shape index (κ2) is 4.87. The molecular formula is C14H20ClNO. The minimum Gasteiger partial charge on any atom is -0.390 e. The van der Waals surface area contributed by atoms with Crippen LogP contribution in [0.2, 0.25) is 5.02 Å². The molecule has 0 heterocycles. The molecule has 0 aliphatic heterocycles. The SMILES string of the molecule is Cc1ccc(NC2CCC(C)(O)CC2)c(Cl)c1. The lowest BCUT2D eigenvalue weighted by Crippen LogP contribution is -2.35. The fraction of sp³-hybridized carbons (Fsp3) is 0.571. The molecule has 17 heavy (non-hydrogen) atoms. The normalized spacial score (nSPS) is 29.1. The topological polar surface area (TPSA) is 32.3 Å². The van der Waals surface area contributed by atoms with Crippen molar-refractivity contribution in [2.45, 2.75) is 51.2 Å². The van der Waals surface area contributed by atoms with Gasteiger partial charge in [0, 0.05) is 6.04 Å². The van der Waals surface area contributed by atoms with Crippen molar-refractivity contribution in [3.63, 3.8) is 0 Å². The molecule has 1 aliphatic carbocycles. The second-order valence-corrected chi connectivity index (χ2v) is 5.81. The van der Waals surface area contributed by atoms with Crippen molar-refractivity contribution >= 4 is 17.3 Å². The van der Waals surface area contributed by atoms with Crippen molar-refractivity contribution < 1.29 is 5.11 Å². The van der Waals surface area contributed by atoms with E-state index < -0.39 is 5.60 Å². The molecule has 0 radical (unpaired) electrons. The predicted octanol–water partition coefficient (Wildman–Crippen LogP) is 3.75. The highest BCUT2D eigenvalue weighted by Crippen LogP contribution is 2.31. The molecule has 94 valence electrons. The number of anilines is 1. The van der Waals surface area contributed by atoms with Crippen LogP contribution in [0.15, 0.2) is 18.2 Å². The minimum atomic E-state index is -0.477. The van der Waals surface area contributed by atoms with Crippen LogP contribution < -0.4 is 5.32 Å². The fourth-order valence-corrected chi connectivity index (χ4v) is 2.63. The van der Waals surface area contributed by atoms with E-state index in [1.54, 1.807) is 0 Å². The lowest BCUT2D eigenvalue weighted by molar-refractivity contribution is 0.0196. The average molecular weight is 254 g/mol. The molecule has 2 nitrogen and oxygen atoms in total. The number of halogens is 1. The van der Waals surface area contributed by atoms with Gasteiger partial charge in [0.05, 0.1) is 16.3 Å². The summed E-state index contributed by atoms with van der Waals surface area (Å²) >= 11 is 6.19. The van der Waals surface area contributed by atoms with E-state index in [4.69, 9.17) is 11.6 Å². The summed E-state index contributed by atoms with van der Waals surface area (Å²) in [7, 11) is 0. The van der Waals surface area contributed by atoms with Crippen LogP contribution in [0, 0.1) is 6.92 Å². The Hall–Kier alpha value is -0.730. The van der Waals surface area contributed by atoms with E-state index in [1.165, 1.54) is 5.56 Å². The summed E-state index contributed by atoms with van der Waals surface area (Å²) in [5.74, 6) is 0. The van der Waals surface area contributed by atoms with E-state index >= 15 is 0 Å². The molecule has 1 fully saturated rings. The predicted molar refractivity (Wildman–Crippen MR) is 72.7 cm³/mol. The minimum absolute atomic E-state index is 0.426. The van der Waals surface area contributed by atoms with Gasteiger partial charge in [0.2, 0.25) is 0 Å². The molecule has 1 aromatic rings. The fourth-order valence-electron chi connectivity index (χ4n) is 2.34. The highest BCUT2D eigenvalue weighted by Gasteiger charge is 2.28. The Kier molecular flexibility index (Phi) is 3.64. The molecule has 0 bridgehead atoms. The summed E-state index contributed by atoms with van der Waals surface area (Å²) in [6, 6.07) is 6.50. The van der Waals surface area contributed by atoms with Gasteiger partial charge in [0.25, 0.3) is 0 Å². The molecule has 0 aromatic heterocycles. The number of rotatable bonds is 2. The van der Waals surface area contributed by atoms with Gasteiger partial charge >= 0.3 is 0 Å². The molecule has 2 N–H and O–H groups in total. The molecule has 0 unspecified atom stereocenters. The summed E-state index contributed by atoms with van der Waals surface area (Å²) in [5, 5.41) is 14.1. The zero-order valence-corrected chi connectivity index (χ0v) is 11.2. The molecule has 0 spiro atoms. The van der Waals surface area contributed by atoms with Gasteiger partial charge in [-0.25, -0.2) is 0 Å². The van der Waals surface area contributed by atoms with Gasteiger partial charge in [-0.2, -0.15) is 0 Å². The highest BCUT2D eigenvalue weighted by atomic mass is 35.5. The number of nitrogens with one attached hydrogen (secondary N) is 1. The Balaban J connectivity index is 1.98. The lowest BCUT2D eigenvalue weighted by Gasteiger charge is -2.34. The Morgan fingerprint density at radius 2 is 2.00 bits per heavy atom. The highest BCUT2D eigenvalue weighted by molar-refractivity contribution is 6.33. The van der Waals surface area contributed by atoms with Crippen molar-refractivity contribution in [3.05, 3.63) is 28.8 Å². The smallest absolute Gasteiger partial charge is 0.0640 e. The molecular weight excluding hydrogens is 234 g/mol. The maximum absolute atomic E-state index is 9.90. The maximum Gasteiger partial charge on any atom is 0.0640 e. The van der Waals surface area contributed by atoms with Gasteiger partial charge in [-0.15, -0.1) is 0 Å². The van der Waals surface area contributed by atoms with Gasteiger partial charge < -0.3 is 10.4 Å². The second-order valence-electron chi connectivity index (χ2n) is 5.40. The number of hydrogen-bond acceptors (Lipinski definition) is 2. The molecule has 3 heteroatoms. The first kappa shape index (κ1) is 12.7. The van der Waals surface area contributed by atoms with Gasteiger partial charge in [-0.1, -0.05) is 17.7 Å². The monoisotopic (exact) mass is 253 g/mol. The van der Waals surface area contributed by atoms with Gasteiger partial charge in [0.1, 0.15) is 0 Å². The third kappa shape index (κ3) is 3.36. The Morgan fingerprint density at radius 1 is 1.35 bits per heavy atom. The van der Waals surface area contributed by atoms with Crippen molar-refractivity contribution in [1.82, 2.24) is 0 Å². The van der Waals surface area contributed by atoms with Crippen LogP contribution in [0.5, 0.6) is 0 Å². The molecule has 1 aliphatic rings. The van der Waals surface area contributed by atoms with Gasteiger partial charge in [-0.3, -0.25) is 0 Å². The molecule has 0 atom stereocenters. The lowest BCUT2D eigenvalue weighted by atomic mass is 9.83. The Labute approximate surface area is 108 Å². The average Bonchev–Trinajstić information content (AvgIpc) is 2.25. The van der Waals surface area contributed by atoms with E-state index in [9.17, 15) is 5.11 Å². The number of aliphatic hydroxyl groups is 1. The van der Waals surface area contributed by atoms with E-state index in [-0.39, 0.29) is 0 Å². The first-order chi connectivity index (χ1) is 7.96. The van der Waals surface area contributed by atoms with Crippen LogP contribution in [0.1, 0.15) is 38.2 Å². The van der Waals surface area contributed by atoms with E-state index in [2.05, 4.69) is 11.4 Å². The molecule has 0 saturated heterocycles. The summed E-state index contributed by atoms with van der Waals surface area (Å²) in [6.45, 7) is 3.95. The van der Waals surface area contributed by atoms with Crippen LogP contribution in [0.3, 0.4) is 0 Å². The van der Waals surface area contributed by atoms with Crippen LogP contribution in [0.25, 0.3) is 0 Å². The zero-order valence-electron chi connectivity index (χ0n) is 10.5. The molecule has 1 saturated carbocycles. The first-order valence-electron chi connectivity index (χ1n) is 6.21. The standard InChI is InChI=1S/C14H20ClNO/c1-10-3-4-13(12(15)9-10)16-11-5-7-14(2,17)8-6-11/h3-4,9,11,16-17H,5-8H2,1-2H3. The number of benzene rings is 1.